The lowest BCUT2D eigenvalue weighted by Gasteiger charge is -2.39. The van der Waals surface area contributed by atoms with Gasteiger partial charge >= 0.3 is 0 Å². The zero-order valence-electron chi connectivity index (χ0n) is 28.4. The molecule has 10 atom stereocenters. The van der Waals surface area contributed by atoms with Crippen LogP contribution >= 0.6 is 0 Å². The summed E-state index contributed by atoms with van der Waals surface area (Å²) in [4.78, 5) is 0. The Labute approximate surface area is 293 Å². The summed E-state index contributed by atoms with van der Waals surface area (Å²) in [6, 6.07) is 4.81. The summed E-state index contributed by atoms with van der Waals surface area (Å²) in [6.45, 7) is -1.56. The second-order valence-corrected chi connectivity index (χ2v) is 11.6. The van der Waals surface area contributed by atoms with E-state index in [4.69, 9.17) is 37.9 Å². The van der Waals surface area contributed by atoms with Crippen LogP contribution in [0, 0.1) is 0 Å². The van der Waals surface area contributed by atoms with E-state index in [0.29, 0.717) is 16.7 Å². The van der Waals surface area contributed by atoms with E-state index in [2.05, 4.69) is 0 Å². The van der Waals surface area contributed by atoms with Crippen molar-refractivity contribution in [3.63, 3.8) is 0 Å². The van der Waals surface area contributed by atoms with Crippen molar-refractivity contribution >= 4 is 12.2 Å². The number of rotatable bonds is 15. The molecular formula is C34H46O17. The van der Waals surface area contributed by atoms with Crippen LogP contribution in [0.2, 0.25) is 0 Å². The van der Waals surface area contributed by atoms with E-state index < -0.39 is 74.6 Å². The van der Waals surface area contributed by atoms with E-state index in [0.717, 1.165) is 0 Å². The predicted molar refractivity (Wildman–Crippen MR) is 177 cm³/mol. The molecule has 17 heteroatoms. The predicted octanol–water partition coefficient (Wildman–Crippen LogP) is -1.66. The highest BCUT2D eigenvalue weighted by Gasteiger charge is 2.46. The number of methoxy groups -OCH3 is 4. The quantitative estimate of drug-likeness (QED) is 0.0995. The molecule has 2 fully saturated rings. The number of hydrogen-bond donors (Lipinski definition) is 9. The van der Waals surface area contributed by atoms with Crippen LogP contribution in [0.5, 0.6) is 34.5 Å². The molecule has 2 heterocycles. The molecule has 2 aliphatic rings. The molecule has 0 saturated carbocycles. The number of ether oxygens (including phenoxy) is 8. The molecule has 51 heavy (non-hydrogen) atoms. The van der Waals surface area contributed by atoms with E-state index in [-0.39, 0.29) is 47.5 Å². The van der Waals surface area contributed by atoms with Crippen molar-refractivity contribution in [2.24, 2.45) is 0 Å². The molecule has 0 spiro atoms. The van der Waals surface area contributed by atoms with E-state index in [1.807, 2.05) is 0 Å². The maximum atomic E-state index is 10.6. The Kier molecular flexibility index (Phi) is 14.3. The number of allylic oxidation sites excluding steroid dienone is 1. The molecule has 0 aromatic heterocycles. The third-order valence-corrected chi connectivity index (χ3v) is 8.45. The maximum absolute atomic E-state index is 10.6. The van der Waals surface area contributed by atoms with Crippen molar-refractivity contribution in [1.29, 1.82) is 0 Å². The highest BCUT2D eigenvalue weighted by molar-refractivity contribution is 5.69. The van der Waals surface area contributed by atoms with Gasteiger partial charge in [0, 0.05) is 5.56 Å². The molecular weight excluding hydrogens is 680 g/mol. The van der Waals surface area contributed by atoms with Crippen LogP contribution in [0.3, 0.4) is 0 Å². The Morgan fingerprint density at radius 1 is 0.569 bits per heavy atom. The number of aliphatic hydroxyl groups excluding tert-OH is 9. The zero-order valence-corrected chi connectivity index (χ0v) is 28.4. The summed E-state index contributed by atoms with van der Waals surface area (Å²) >= 11 is 0. The molecule has 284 valence electrons. The van der Waals surface area contributed by atoms with Crippen LogP contribution in [0.4, 0.5) is 0 Å². The van der Waals surface area contributed by atoms with Crippen LogP contribution in [0.25, 0.3) is 12.2 Å². The highest BCUT2D eigenvalue weighted by atomic mass is 16.7. The lowest BCUT2D eigenvalue weighted by molar-refractivity contribution is -0.277. The van der Waals surface area contributed by atoms with Crippen LogP contribution < -0.4 is 28.4 Å². The average Bonchev–Trinajstić information content (AvgIpc) is 3.14. The lowest BCUT2D eigenvalue weighted by Crippen LogP contribution is -2.60. The molecule has 0 aliphatic carbocycles. The standard InChI is InChI=1S/C34H46O17/c1-44-19-11-16(12-20(45-2)31(19)50-33-28(42)26(40)24(38)22(14-36)48-33)7-5-9-18-17(8-6-10-35)13-21(46-3)32(30(18)47-4)51-34-29(43)27(41)25(39)23(15-37)49-34/h5-8,11-13,22-29,33-43H,9-10,14-15H2,1-4H3/b7-5+,8-6-/t22-,23+,24+,25-,26-,27+,28-,29-,33-,34-/m1/s1. The first-order valence-corrected chi connectivity index (χ1v) is 15.9. The Hall–Kier alpha value is -3.72. The first-order chi connectivity index (χ1) is 24.5. The summed E-state index contributed by atoms with van der Waals surface area (Å²) in [5, 5.41) is 90.6. The van der Waals surface area contributed by atoms with E-state index in [1.165, 1.54) is 34.5 Å². The smallest absolute Gasteiger partial charge is 0.229 e. The largest absolute Gasteiger partial charge is 0.493 e. The first-order valence-electron chi connectivity index (χ1n) is 15.9. The van der Waals surface area contributed by atoms with Gasteiger partial charge in [0.2, 0.25) is 24.1 Å². The molecule has 0 unspecified atom stereocenters. The van der Waals surface area contributed by atoms with Crippen molar-refractivity contribution < 1.29 is 83.9 Å². The second kappa shape index (κ2) is 18.2. The average molecular weight is 727 g/mol. The minimum Gasteiger partial charge on any atom is -0.493 e. The Balaban J connectivity index is 1.67. The molecule has 0 radical (unpaired) electrons. The Morgan fingerprint density at radius 2 is 1.06 bits per heavy atom. The van der Waals surface area contributed by atoms with Gasteiger partial charge in [-0.3, -0.25) is 0 Å². The third-order valence-electron chi connectivity index (χ3n) is 8.45. The second-order valence-electron chi connectivity index (χ2n) is 11.6. The van der Waals surface area contributed by atoms with Crippen LogP contribution in [0.1, 0.15) is 16.7 Å². The van der Waals surface area contributed by atoms with Crippen molar-refractivity contribution in [2.75, 3.05) is 48.3 Å². The monoisotopic (exact) mass is 726 g/mol. The summed E-state index contributed by atoms with van der Waals surface area (Å²) in [7, 11) is 5.51. The fourth-order valence-corrected chi connectivity index (χ4v) is 5.68. The van der Waals surface area contributed by atoms with Crippen LogP contribution in [0.15, 0.2) is 30.4 Å². The molecule has 0 amide bonds. The normalized spacial score (nSPS) is 29.7. The zero-order chi connectivity index (χ0) is 37.4. The van der Waals surface area contributed by atoms with Gasteiger partial charge in [0.15, 0.2) is 23.0 Å². The van der Waals surface area contributed by atoms with Gasteiger partial charge in [-0.25, -0.2) is 0 Å². The van der Waals surface area contributed by atoms with E-state index in [9.17, 15) is 46.0 Å². The molecule has 2 aliphatic heterocycles. The van der Waals surface area contributed by atoms with Crippen molar-refractivity contribution in [3.05, 3.63) is 47.0 Å². The summed E-state index contributed by atoms with van der Waals surface area (Å²) in [5.41, 5.74) is 1.69. The number of benzene rings is 2. The van der Waals surface area contributed by atoms with E-state index in [1.54, 1.807) is 36.4 Å². The van der Waals surface area contributed by atoms with Crippen molar-refractivity contribution in [1.82, 2.24) is 0 Å². The summed E-state index contributed by atoms with van der Waals surface area (Å²) in [5.74, 6) is 0.645. The van der Waals surface area contributed by atoms with Gasteiger partial charge in [-0.05, 0) is 35.7 Å². The first kappa shape index (κ1) is 40.1. The van der Waals surface area contributed by atoms with Gasteiger partial charge in [-0.1, -0.05) is 24.3 Å². The van der Waals surface area contributed by atoms with Gasteiger partial charge in [-0.15, -0.1) is 0 Å². The minimum absolute atomic E-state index is 0.00749. The molecule has 0 bridgehead atoms. The summed E-state index contributed by atoms with van der Waals surface area (Å²) in [6.07, 6.45) is -8.47. The maximum Gasteiger partial charge on any atom is 0.229 e. The molecule has 2 saturated heterocycles. The van der Waals surface area contributed by atoms with Gasteiger partial charge in [-0.2, -0.15) is 0 Å². The fraction of sp³-hybridized carbons (Fsp3) is 0.529. The summed E-state index contributed by atoms with van der Waals surface area (Å²) < 4.78 is 45.2. The fourth-order valence-electron chi connectivity index (χ4n) is 5.68. The molecule has 17 nitrogen and oxygen atoms in total. The number of hydrogen-bond acceptors (Lipinski definition) is 17. The molecule has 9 N–H and O–H groups in total. The Morgan fingerprint density at radius 3 is 1.51 bits per heavy atom. The number of aliphatic hydroxyl groups is 9. The van der Waals surface area contributed by atoms with Crippen molar-refractivity contribution in [3.8, 4) is 34.5 Å². The lowest BCUT2D eigenvalue weighted by atomic mass is 9.98. The van der Waals surface area contributed by atoms with Gasteiger partial charge in [0.05, 0.1) is 48.3 Å². The molecule has 2 aromatic rings. The van der Waals surface area contributed by atoms with Crippen LogP contribution in [-0.4, -0.2) is 156 Å². The molecule has 4 rings (SSSR count). The third kappa shape index (κ3) is 8.67. The van der Waals surface area contributed by atoms with Crippen molar-refractivity contribution in [2.45, 2.75) is 67.8 Å². The SMILES string of the molecule is COc1cc(/C=C/Cc2c(/C=C\CO)cc(OC)c(O[C@H]3O[C@@H](CO)[C@@H](O)[C@H](O)[C@H]3O)c2OC)cc(OC)c1O[C@H]1O[C@H](CO)[C@H](O)[C@@H](O)[C@H]1O. The minimum atomic E-state index is -1.70. The molecule has 2 aromatic carbocycles. The van der Waals surface area contributed by atoms with E-state index >= 15 is 0 Å². The van der Waals surface area contributed by atoms with Crippen LogP contribution in [-0.2, 0) is 15.9 Å². The van der Waals surface area contributed by atoms with Gasteiger partial charge in [0.25, 0.3) is 0 Å². The Bertz CT molecular complexity index is 1470. The van der Waals surface area contributed by atoms with Gasteiger partial charge < -0.3 is 83.9 Å². The highest BCUT2D eigenvalue weighted by Crippen LogP contribution is 2.45. The van der Waals surface area contributed by atoms with Gasteiger partial charge in [0.1, 0.15) is 48.8 Å². The topological polar surface area (TPSA) is 256 Å².